The van der Waals surface area contributed by atoms with E-state index < -0.39 is 5.82 Å². The van der Waals surface area contributed by atoms with Crippen LogP contribution in [0, 0.1) is 5.82 Å². The topological polar surface area (TPSA) is 52.8 Å². The van der Waals surface area contributed by atoms with Crippen molar-refractivity contribution >= 4 is 34.2 Å². The number of fused-ring (bicyclic) bond motifs is 1. The largest absolute Gasteiger partial charge is 0.497 e. The number of benzene rings is 1. The molecule has 3 rings (SSSR count). The molecular formula is C12H7Cl2FN4O. The van der Waals surface area contributed by atoms with Crippen LogP contribution in [0.3, 0.4) is 0 Å². The van der Waals surface area contributed by atoms with Crippen molar-refractivity contribution in [2.75, 3.05) is 7.11 Å². The van der Waals surface area contributed by atoms with Crippen LogP contribution >= 0.6 is 23.2 Å². The molecule has 0 aliphatic rings. The van der Waals surface area contributed by atoms with Crippen LogP contribution in [0.15, 0.2) is 24.4 Å². The van der Waals surface area contributed by atoms with E-state index in [2.05, 4.69) is 15.1 Å². The van der Waals surface area contributed by atoms with Gasteiger partial charge in [0.25, 0.3) is 0 Å². The minimum Gasteiger partial charge on any atom is -0.497 e. The molecule has 8 heteroatoms. The molecule has 0 aliphatic carbocycles. The summed E-state index contributed by atoms with van der Waals surface area (Å²) in [5, 5.41) is 4.70. The number of hydrogen-bond acceptors (Lipinski definition) is 4. The highest BCUT2D eigenvalue weighted by Crippen LogP contribution is 2.26. The minimum absolute atomic E-state index is 0.0295. The van der Waals surface area contributed by atoms with Crippen molar-refractivity contribution in [1.29, 1.82) is 0 Å². The van der Waals surface area contributed by atoms with Crippen molar-refractivity contribution in [2.24, 2.45) is 0 Å². The Labute approximate surface area is 122 Å². The number of halogens is 3. The van der Waals surface area contributed by atoms with Crippen LogP contribution in [-0.4, -0.2) is 26.9 Å². The quantitative estimate of drug-likeness (QED) is 0.538. The predicted octanol–water partition coefficient (Wildman–Crippen LogP) is 3.27. The Kier molecular flexibility index (Phi) is 3.19. The standard InChI is InChI=1S/C12H7Cl2FN4O/c1-20-6-2-3-9(8(15)4-6)19-11-7(5-16-19)10(13)17-12(14)18-11/h2-5H,1H3. The molecular weight excluding hydrogens is 306 g/mol. The molecule has 0 aliphatic heterocycles. The Morgan fingerprint density at radius 2 is 2.05 bits per heavy atom. The van der Waals surface area contributed by atoms with E-state index in [9.17, 15) is 4.39 Å². The monoisotopic (exact) mass is 312 g/mol. The molecule has 0 radical (unpaired) electrons. The maximum Gasteiger partial charge on any atom is 0.225 e. The molecule has 5 nitrogen and oxygen atoms in total. The molecule has 3 aromatic rings. The van der Waals surface area contributed by atoms with Gasteiger partial charge >= 0.3 is 0 Å². The highest BCUT2D eigenvalue weighted by atomic mass is 35.5. The molecule has 1 aromatic carbocycles. The first kappa shape index (κ1) is 13.1. The molecule has 0 saturated heterocycles. The summed E-state index contributed by atoms with van der Waals surface area (Å²) in [4.78, 5) is 7.84. The fraction of sp³-hybridized carbons (Fsp3) is 0.0833. The van der Waals surface area contributed by atoms with E-state index in [0.717, 1.165) is 0 Å². The van der Waals surface area contributed by atoms with Gasteiger partial charge in [-0.05, 0) is 23.7 Å². The Morgan fingerprint density at radius 1 is 1.25 bits per heavy atom. The lowest BCUT2D eigenvalue weighted by Gasteiger charge is -2.06. The van der Waals surface area contributed by atoms with Crippen molar-refractivity contribution < 1.29 is 9.13 Å². The SMILES string of the molecule is COc1ccc(-n2ncc3c(Cl)nc(Cl)nc32)c(F)c1. The normalized spacial score (nSPS) is 11.0. The second kappa shape index (κ2) is 4.88. The van der Waals surface area contributed by atoms with Crippen molar-refractivity contribution in [3.63, 3.8) is 0 Å². The van der Waals surface area contributed by atoms with Crippen molar-refractivity contribution in [3.8, 4) is 11.4 Å². The first-order valence-electron chi connectivity index (χ1n) is 5.51. The van der Waals surface area contributed by atoms with E-state index in [4.69, 9.17) is 27.9 Å². The van der Waals surface area contributed by atoms with Gasteiger partial charge in [-0.15, -0.1) is 0 Å². The van der Waals surface area contributed by atoms with Crippen LogP contribution in [0.5, 0.6) is 5.75 Å². The second-order valence-corrected chi connectivity index (χ2v) is 4.59. The average Bonchev–Trinajstić information content (AvgIpc) is 2.82. The smallest absolute Gasteiger partial charge is 0.225 e. The third-order valence-electron chi connectivity index (χ3n) is 2.74. The summed E-state index contributed by atoms with van der Waals surface area (Å²) in [5.41, 5.74) is 0.547. The zero-order valence-electron chi connectivity index (χ0n) is 10.1. The van der Waals surface area contributed by atoms with E-state index in [0.29, 0.717) is 16.8 Å². The van der Waals surface area contributed by atoms with Gasteiger partial charge in [0.05, 0.1) is 18.7 Å². The fourth-order valence-electron chi connectivity index (χ4n) is 1.81. The summed E-state index contributed by atoms with van der Waals surface area (Å²) in [7, 11) is 1.46. The van der Waals surface area contributed by atoms with E-state index in [1.54, 1.807) is 6.07 Å². The Morgan fingerprint density at radius 3 is 2.75 bits per heavy atom. The Hall–Kier alpha value is -1.92. The average molecular weight is 313 g/mol. The number of aromatic nitrogens is 4. The number of rotatable bonds is 2. The molecule has 102 valence electrons. The first-order chi connectivity index (χ1) is 9.60. The molecule has 0 spiro atoms. The highest BCUT2D eigenvalue weighted by Gasteiger charge is 2.15. The molecule has 2 heterocycles. The minimum atomic E-state index is -0.500. The van der Waals surface area contributed by atoms with Gasteiger partial charge in [-0.3, -0.25) is 0 Å². The summed E-state index contributed by atoms with van der Waals surface area (Å²) < 4.78 is 20.3. The summed E-state index contributed by atoms with van der Waals surface area (Å²) in [6.07, 6.45) is 1.46. The summed E-state index contributed by atoms with van der Waals surface area (Å²) in [6.45, 7) is 0. The first-order valence-corrected chi connectivity index (χ1v) is 6.26. The van der Waals surface area contributed by atoms with Crippen LogP contribution in [0.25, 0.3) is 16.7 Å². The molecule has 0 unspecified atom stereocenters. The third kappa shape index (κ3) is 2.07. The Balaban J connectivity index is 2.25. The molecule has 0 amide bonds. The lowest BCUT2D eigenvalue weighted by atomic mass is 10.3. The van der Waals surface area contributed by atoms with Crippen LogP contribution in [0.4, 0.5) is 4.39 Å². The van der Waals surface area contributed by atoms with Crippen molar-refractivity contribution in [1.82, 2.24) is 19.7 Å². The zero-order valence-corrected chi connectivity index (χ0v) is 11.7. The second-order valence-electron chi connectivity index (χ2n) is 3.89. The number of ether oxygens (including phenoxy) is 1. The highest BCUT2D eigenvalue weighted by molar-refractivity contribution is 6.35. The molecule has 20 heavy (non-hydrogen) atoms. The van der Waals surface area contributed by atoms with Gasteiger partial charge in [-0.1, -0.05) is 11.6 Å². The molecule has 0 fully saturated rings. The third-order valence-corrected chi connectivity index (χ3v) is 3.19. The van der Waals surface area contributed by atoms with Crippen LogP contribution in [0.2, 0.25) is 10.4 Å². The fourth-order valence-corrected chi connectivity index (χ4v) is 2.23. The van der Waals surface area contributed by atoms with Gasteiger partial charge in [0, 0.05) is 6.07 Å². The van der Waals surface area contributed by atoms with Gasteiger partial charge in [-0.2, -0.15) is 10.1 Å². The predicted molar refractivity (Wildman–Crippen MR) is 73.2 cm³/mol. The molecule has 0 saturated carbocycles. The molecule has 0 bridgehead atoms. The molecule has 0 N–H and O–H groups in total. The van der Waals surface area contributed by atoms with E-state index in [1.807, 2.05) is 0 Å². The Bertz CT molecular complexity index is 805. The van der Waals surface area contributed by atoms with Crippen LogP contribution in [0.1, 0.15) is 0 Å². The lowest BCUT2D eigenvalue weighted by molar-refractivity contribution is 0.411. The summed E-state index contributed by atoms with van der Waals surface area (Å²) >= 11 is 11.7. The van der Waals surface area contributed by atoms with Crippen molar-refractivity contribution in [2.45, 2.75) is 0 Å². The van der Waals surface area contributed by atoms with Crippen molar-refractivity contribution in [3.05, 3.63) is 40.6 Å². The summed E-state index contributed by atoms with van der Waals surface area (Å²) in [6, 6.07) is 4.41. The molecule has 2 aromatic heterocycles. The lowest BCUT2D eigenvalue weighted by Crippen LogP contribution is -2.01. The number of nitrogens with zero attached hydrogens (tertiary/aromatic N) is 4. The summed E-state index contributed by atoms with van der Waals surface area (Å²) in [5.74, 6) is -0.0893. The van der Waals surface area contributed by atoms with E-state index in [-0.39, 0.29) is 16.1 Å². The zero-order chi connectivity index (χ0) is 14.3. The molecule has 0 atom stereocenters. The van der Waals surface area contributed by atoms with Gasteiger partial charge in [0.15, 0.2) is 11.5 Å². The van der Waals surface area contributed by atoms with E-state index >= 15 is 0 Å². The number of methoxy groups -OCH3 is 1. The van der Waals surface area contributed by atoms with Gasteiger partial charge in [0.2, 0.25) is 5.28 Å². The maximum atomic E-state index is 14.1. The van der Waals surface area contributed by atoms with Gasteiger partial charge in [-0.25, -0.2) is 14.1 Å². The van der Waals surface area contributed by atoms with Crippen LogP contribution < -0.4 is 4.74 Å². The maximum absolute atomic E-state index is 14.1. The van der Waals surface area contributed by atoms with Gasteiger partial charge < -0.3 is 4.74 Å². The van der Waals surface area contributed by atoms with Crippen LogP contribution in [-0.2, 0) is 0 Å². The van der Waals surface area contributed by atoms with E-state index in [1.165, 1.54) is 30.1 Å². The number of hydrogen-bond donors (Lipinski definition) is 0. The van der Waals surface area contributed by atoms with Gasteiger partial charge in [0.1, 0.15) is 16.6 Å².